The first-order valence-electron chi connectivity index (χ1n) is 7.64. The molecule has 26 heavy (non-hydrogen) atoms. The van der Waals surface area contributed by atoms with Crippen LogP contribution in [0, 0.1) is 11.6 Å². The second-order valence-electron chi connectivity index (χ2n) is 6.96. The van der Waals surface area contributed by atoms with Gasteiger partial charge in [-0.1, -0.05) is 0 Å². The first-order valence-corrected chi connectivity index (χ1v) is 9.13. The van der Waals surface area contributed by atoms with E-state index in [0.717, 1.165) is 6.07 Å². The fraction of sp³-hybridized carbons (Fsp3) is 0.533. The number of carbonyl (C=O) groups excluding carboxylic acids is 1. The molecule has 0 aromatic heterocycles. The van der Waals surface area contributed by atoms with Crippen molar-refractivity contribution in [2.45, 2.75) is 49.8 Å². The summed E-state index contributed by atoms with van der Waals surface area (Å²) in [5, 5.41) is 14.4. The Morgan fingerprint density at radius 3 is 2.38 bits per heavy atom. The minimum Gasteiger partial charge on any atom is -0.392 e. The minimum atomic E-state index is -4.25. The molecular weight excluding hydrogens is 392 g/mol. The van der Waals surface area contributed by atoms with Crippen molar-refractivity contribution in [2.75, 3.05) is 11.9 Å². The van der Waals surface area contributed by atoms with Gasteiger partial charge in [-0.25, -0.2) is 21.9 Å². The summed E-state index contributed by atoms with van der Waals surface area (Å²) in [6, 6.07) is 0.401. The summed E-state index contributed by atoms with van der Waals surface area (Å²) in [5.74, 6) is -3.00. The number of nitrogens with one attached hydrogen (secondary N) is 3. The van der Waals surface area contributed by atoms with Gasteiger partial charge in [0.05, 0.1) is 17.8 Å². The maximum Gasteiger partial charge on any atom is 0.244 e. The molecule has 0 bridgehead atoms. The first-order chi connectivity index (χ1) is 11.4. The van der Waals surface area contributed by atoms with Gasteiger partial charge in [0.25, 0.3) is 0 Å². The Morgan fingerprint density at radius 2 is 1.88 bits per heavy atom. The monoisotopic (exact) mass is 413 g/mol. The van der Waals surface area contributed by atoms with Crippen LogP contribution in [0.4, 0.5) is 14.5 Å². The number of sulfonamides is 1. The summed E-state index contributed by atoms with van der Waals surface area (Å²) in [6.07, 6.45) is -0.550. The Balaban J connectivity index is 0.00000338. The van der Waals surface area contributed by atoms with Crippen LogP contribution in [0.3, 0.4) is 0 Å². The molecule has 11 heteroatoms. The average Bonchev–Trinajstić information content (AvgIpc) is 2.85. The van der Waals surface area contributed by atoms with E-state index in [1.165, 1.54) is 0 Å². The number of anilines is 1. The van der Waals surface area contributed by atoms with E-state index in [-0.39, 0.29) is 25.4 Å². The second-order valence-corrected chi connectivity index (χ2v) is 8.61. The molecule has 148 valence electrons. The van der Waals surface area contributed by atoms with Crippen LogP contribution in [0.25, 0.3) is 0 Å². The standard InChI is InChI=1S/C15H21F2N3O4S.ClH/c1-15(2,3)20-25(23,24)13-6-11(9(16)5-10(13)17)19-14(22)12-4-8(21)7-18-12;/h5-6,8,12,18,20-21H,4,7H2,1-3H3,(H,19,22);1H. The van der Waals surface area contributed by atoms with Crippen molar-refractivity contribution >= 4 is 34.0 Å². The number of amides is 1. The maximum absolute atomic E-state index is 14.0. The largest absolute Gasteiger partial charge is 0.392 e. The number of rotatable bonds is 4. The number of aliphatic hydroxyl groups excluding tert-OH is 1. The van der Waals surface area contributed by atoms with Crippen molar-refractivity contribution in [3.05, 3.63) is 23.8 Å². The van der Waals surface area contributed by atoms with Crippen molar-refractivity contribution in [1.29, 1.82) is 0 Å². The molecule has 1 aromatic carbocycles. The molecule has 2 unspecified atom stereocenters. The van der Waals surface area contributed by atoms with E-state index < -0.39 is 55.8 Å². The molecule has 2 atom stereocenters. The molecule has 0 aliphatic carbocycles. The number of halogens is 3. The number of carbonyl (C=O) groups is 1. The van der Waals surface area contributed by atoms with E-state index in [0.29, 0.717) is 6.07 Å². The molecule has 1 aliphatic rings. The third-order valence-corrected chi connectivity index (χ3v) is 5.21. The number of hydrogen-bond donors (Lipinski definition) is 4. The van der Waals surface area contributed by atoms with Crippen LogP contribution in [0.15, 0.2) is 17.0 Å². The van der Waals surface area contributed by atoms with Gasteiger partial charge < -0.3 is 15.7 Å². The fourth-order valence-electron chi connectivity index (χ4n) is 2.43. The fourth-order valence-corrected chi connectivity index (χ4v) is 3.93. The van der Waals surface area contributed by atoms with Crippen molar-refractivity contribution < 1.29 is 27.1 Å². The molecule has 0 saturated carbocycles. The summed E-state index contributed by atoms with van der Waals surface area (Å²) in [4.78, 5) is 11.3. The van der Waals surface area contributed by atoms with Gasteiger partial charge in [0.15, 0.2) is 0 Å². The highest BCUT2D eigenvalue weighted by molar-refractivity contribution is 7.89. The van der Waals surface area contributed by atoms with E-state index in [2.05, 4.69) is 15.4 Å². The molecule has 1 heterocycles. The minimum absolute atomic E-state index is 0. The Bertz CT molecular complexity index is 784. The lowest BCUT2D eigenvalue weighted by molar-refractivity contribution is -0.118. The number of benzene rings is 1. The maximum atomic E-state index is 14.0. The molecule has 1 fully saturated rings. The smallest absolute Gasteiger partial charge is 0.244 e. The zero-order valence-corrected chi connectivity index (χ0v) is 16.1. The molecule has 1 amide bonds. The van der Waals surface area contributed by atoms with Crippen molar-refractivity contribution in [3.8, 4) is 0 Å². The second kappa shape index (κ2) is 8.13. The zero-order chi connectivity index (χ0) is 19.0. The van der Waals surface area contributed by atoms with E-state index in [1.807, 2.05) is 0 Å². The van der Waals surface area contributed by atoms with Crippen LogP contribution in [0.1, 0.15) is 27.2 Å². The van der Waals surface area contributed by atoms with Gasteiger partial charge in [0.1, 0.15) is 16.5 Å². The first kappa shape index (κ1) is 22.7. The van der Waals surface area contributed by atoms with E-state index in [4.69, 9.17) is 0 Å². The van der Waals surface area contributed by atoms with Crippen LogP contribution in [0.5, 0.6) is 0 Å². The molecule has 7 nitrogen and oxygen atoms in total. The van der Waals surface area contributed by atoms with E-state index in [9.17, 15) is 27.1 Å². The highest BCUT2D eigenvalue weighted by Crippen LogP contribution is 2.25. The van der Waals surface area contributed by atoms with Gasteiger partial charge in [-0.05, 0) is 33.3 Å². The summed E-state index contributed by atoms with van der Waals surface area (Å²) >= 11 is 0. The highest BCUT2D eigenvalue weighted by Gasteiger charge is 2.30. The van der Waals surface area contributed by atoms with Gasteiger partial charge in [0.2, 0.25) is 15.9 Å². The topological polar surface area (TPSA) is 108 Å². The number of hydrogen-bond acceptors (Lipinski definition) is 5. The molecule has 4 N–H and O–H groups in total. The highest BCUT2D eigenvalue weighted by atomic mass is 35.5. The zero-order valence-electron chi connectivity index (χ0n) is 14.5. The van der Waals surface area contributed by atoms with Gasteiger partial charge in [-0.2, -0.15) is 0 Å². The van der Waals surface area contributed by atoms with Gasteiger partial charge in [0, 0.05) is 18.2 Å². The number of aliphatic hydroxyl groups is 1. The molecule has 1 aliphatic heterocycles. The van der Waals surface area contributed by atoms with Gasteiger partial charge in [-0.15, -0.1) is 12.4 Å². The van der Waals surface area contributed by atoms with Crippen LogP contribution >= 0.6 is 12.4 Å². The summed E-state index contributed by atoms with van der Waals surface area (Å²) < 4.78 is 54.8. The van der Waals surface area contributed by atoms with Crippen molar-refractivity contribution in [2.24, 2.45) is 0 Å². The molecule has 1 aromatic rings. The molecule has 2 rings (SSSR count). The predicted molar refractivity (Wildman–Crippen MR) is 94.7 cm³/mol. The molecular formula is C15H22ClF2N3O4S. The molecule has 1 saturated heterocycles. The Hall–Kier alpha value is -1.33. The molecule has 0 radical (unpaired) electrons. The van der Waals surface area contributed by atoms with Crippen LogP contribution in [-0.4, -0.2) is 43.7 Å². The van der Waals surface area contributed by atoms with Gasteiger partial charge >= 0.3 is 0 Å². The third kappa shape index (κ3) is 5.58. The summed E-state index contributed by atoms with van der Waals surface area (Å²) in [6.45, 7) is 4.95. The average molecular weight is 414 g/mol. The lowest BCUT2D eigenvalue weighted by Gasteiger charge is -2.21. The molecule has 0 spiro atoms. The van der Waals surface area contributed by atoms with E-state index in [1.54, 1.807) is 20.8 Å². The summed E-state index contributed by atoms with van der Waals surface area (Å²) in [7, 11) is -4.25. The lowest BCUT2D eigenvalue weighted by Crippen LogP contribution is -2.41. The normalized spacial score (nSPS) is 20.5. The Kier molecular flexibility index (Phi) is 7.11. The lowest BCUT2D eigenvalue weighted by atomic mass is 10.1. The third-order valence-electron chi connectivity index (χ3n) is 3.43. The quantitative estimate of drug-likeness (QED) is 0.591. The SMILES string of the molecule is CC(C)(C)NS(=O)(=O)c1cc(NC(=O)C2CC(O)CN2)c(F)cc1F.Cl. The van der Waals surface area contributed by atoms with Crippen LogP contribution < -0.4 is 15.4 Å². The summed E-state index contributed by atoms with van der Waals surface area (Å²) in [5.41, 5.74) is -1.32. The van der Waals surface area contributed by atoms with Crippen LogP contribution in [0.2, 0.25) is 0 Å². The van der Waals surface area contributed by atoms with Crippen molar-refractivity contribution in [3.63, 3.8) is 0 Å². The number of β-amino-alcohol motifs (C(OH)–C–C–N with tert-alkyl or cyclic N) is 1. The Morgan fingerprint density at radius 1 is 1.27 bits per heavy atom. The van der Waals surface area contributed by atoms with Gasteiger partial charge in [-0.3, -0.25) is 4.79 Å². The Labute approximate surface area is 157 Å². The van der Waals surface area contributed by atoms with Crippen molar-refractivity contribution in [1.82, 2.24) is 10.0 Å². The van der Waals surface area contributed by atoms with Crippen LogP contribution in [-0.2, 0) is 14.8 Å². The van der Waals surface area contributed by atoms with E-state index >= 15 is 0 Å². The predicted octanol–water partition coefficient (Wildman–Crippen LogP) is 1.12.